The minimum absolute atomic E-state index is 0.0970. The predicted molar refractivity (Wildman–Crippen MR) is 115 cm³/mol. The second-order valence-corrected chi connectivity index (χ2v) is 7.31. The molecule has 2 aliphatic heterocycles. The Morgan fingerprint density at radius 1 is 1.20 bits per heavy atom. The molecule has 1 aromatic heterocycles. The highest BCUT2D eigenvalue weighted by atomic mass is 19.2. The number of hydrogen-bond acceptors (Lipinski definition) is 3. The van der Waals surface area contributed by atoms with Gasteiger partial charge < -0.3 is 27.2 Å². The zero-order valence-corrected chi connectivity index (χ0v) is 17.1. The van der Waals surface area contributed by atoms with Crippen LogP contribution < -0.4 is 9.64 Å². The van der Waals surface area contributed by atoms with Gasteiger partial charge in [0.05, 0.1) is 6.42 Å². The summed E-state index contributed by atoms with van der Waals surface area (Å²) in [5, 5.41) is 0. The SMILES string of the molecule is CCN(CC)c1cccc(OC(=O)CCC2=C3C=CC=[N+]3[B-](F)(F)n3cccc32)c1. The molecule has 30 heavy (non-hydrogen) atoms. The number of anilines is 1. The summed E-state index contributed by atoms with van der Waals surface area (Å²) in [4.78, 5) is 14.7. The number of carbonyl (C=O) groups is 1. The number of benzene rings is 1. The van der Waals surface area contributed by atoms with Crippen molar-refractivity contribution in [3.63, 3.8) is 0 Å². The van der Waals surface area contributed by atoms with E-state index in [4.69, 9.17) is 4.74 Å². The molecule has 0 N–H and O–H groups in total. The molecule has 0 unspecified atom stereocenters. The van der Waals surface area contributed by atoms with Crippen LogP contribution in [0.25, 0.3) is 5.57 Å². The van der Waals surface area contributed by atoms with Crippen LogP contribution in [0.1, 0.15) is 32.4 Å². The van der Waals surface area contributed by atoms with Crippen LogP contribution in [0, 0.1) is 0 Å². The Morgan fingerprint density at radius 3 is 2.77 bits per heavy atom. The second-order valence-electron chi connectivity index (χ2n) is 7.31. The van der Waals surface area contributed by atoms with Crippen LogP contribution in [0.2, 0.25) is 0 Å². The molecule has 156 valence electrons. The molecule has 3 heterocycles. The summed E-state index contributed by atoms with van der Waals surface area (Å²) in [6.07, 6.45) is 6.45. The molecule has 2 aliphatic rings. The summed E-state index contributed by atoms with van der Waals surface area (Å²) in [5.74, 6) is 0.0953. The number of nitrogens with zero attached hydrogens (tertiary/aromatic N) is 3. The lowest BCUT2D eigenvalue weighted by Gasteiger charge is -2.30. The van der Waals surface area contributed by atoms with Crippen molar-refractivity contribution in [2.24, 2.45) is 0 Å². The van der Waals surface area contributed by atoms with Crippen molar-refractivity contribution in [2.45, 2.75) is 26.7 Å². The van der Waals surface area contributed by atoms with Crippen LogP contribution in [0.15, 0.2) is 60.4 Å². The highest BCUT2D eigenvalue weighted by Crippen LogP contribution is 2.37. The molecule has 0 aliphatic carbocycles. The Balaban J connectivity index is 1.49. The normalized spacial score (nSPS) is 16.2. The van der Waals surface area contributed by atoms with Crippen molar-refractivity contribution in [3.8, 4) is 5.75 Å². The van der Waals surface area contributed by atoms with E-state index in [-0.39, 0.29) is 6.42 Å². The van der Waals surface area contributed by atoms with Crippen LogP contribution in [0.5, 0.6) is 5.75 Å². The molecule has 0 saturated carbocycles. The van der Waals surface area contributed by atoms with Crippen molar-refractivity contribution >= 4 is 30.4 Å². The third-order valence-corrected chi connectivity index (χ3v) is 5.60. The highest BCUT2D eigenvalue weighted by molar-refractivity contribution is 6.57. The van der Waals surface area contributed by atoms with Crippen molar-refractivity contribution in [3.05, 3.63) is 66.1 Å². The van der Waals surface area contributed by atoms with Crippen LogP contribution in [-0.2, 0) is 4.79 Å². The Morgan fingerprint density at radius 2 is 2.00 bits per heavy atom. The second kappa shape index (κ2) is 7.93. The van der Waals surface area contributed by atoms with E-state index in [0.29, 0.717) is 29.1 Å². The first kappa shape index (κ1) is 20.1. The van der Waals surface area contributed by atoms with Gasteiger partial charge in [-0.3, -0.25) is 4.79 Å². The van der Waals surface area contributed by atoms with E-state index < -0.39 is 12.9 Å². The maximum absolute atomic E-state index is 14.8. The van der Waals surface area contributed by atoms with E-state index in [1.807, 2.05) is 18.2 Å². The van der Waals surface area contributed by atoms with Crippen LogP contribution in [-0.4, -0.2) is 41.2 Å². The number of halogens is 2. The van der Waals surface area contributed by atoms with Gasteiger partial charge in [-0.25, -0.2) is 0 Å². The standard InChI is InChI=1S/C22H24BF2N3O2/c1-3-26(4-2)17-8-5-9-18(16-17)30-22(29)13-12-19-20-10-6-14-27(20)23(24,25)28-15-7-11-21(19)28/h5-11,14-16H,3-4,12-13H2,1-2H3. The first-order valence-electron chi connectivity index (χ1n) is 10.2. The molecule has 0 fully saturated rings. The van der Waals surface area contributed by atoms with Gasteiger partial charge in [-0.1, -0.05) is 6.07 Å². The summed E-state index contributed by atoms with van der Waals surface area (Å²) >= 11 is 0. The van der Waals surface area contributed by atoms with Crippen LogP contribution >= 0.6 is 0 Å². The highest BCUT2D eigenvalue weighted by Gasteiger charge is 2.51. The number of ether oxygens (including phenoxy) is 1. The summed E-state index contributed by atoms with van der Waals surface area (Å²) in [6.45, 7) is 1.94. The Bertz CT molecular complexity index is 1070. The number of allylic oxidation sites excluding steroid dienone is 3. The van der Waals surface area contributed by atoms with Crippen LogP contribution in [0.3, 0.4) is 0 Å². The molecule has 1 aromatic carbocycles. The van der Waals surface area contributed by atoms with Gasteiger partial charge in [-0.2, -0.15) is 0 Å². The van der Waals surface area contributed by atoms with Crippen molar-refractivity contribution < 1.29 is 22.6 Å². The van der Waals surface area contributed by atoms with Crippen LogP contribution in [0.4, 0.5) is 14.3 Å². The average molecular weight is 411 g/mol. The fourth-order valence-electron chi connectivity index (χ4n) is 4.10. The van der Waals surface area contributed by atoms with E-state index in [1.165, 1.54) is 12.4 Å². The first-order chi connectivity index (χ1) is 14.5. The first-order valence-corrected chi connectivity index (χ1v) is 10.2. The molecular formula is C22H24BF2N3O2. The maximum atomic E-state index is 14.8. The van der Waals surface area contributed by atoms with Gasteiger partial charge in [0.2, 0.25) is 0 Å². The van der Waals surface area contributed by atoms with E-state index in [1.54, 1.807) is 30.4 Å². The zero-order chi connectivity index (χ0) is 21.3. The number of rotatable bonds is 7. The number of carbonyl (C=O) groups excluding carboxylic acids is 1. The van der Waals surface area contributed by atoms with E-state index in [0.717, 1.165) is 27.7 Å². The van der Waals surface area contributed by atoms with Crippen molar-refractivity contribution in [1.29, 1.82) is 0 Å². The van der Waals surface area contributed by atoms with E-state index in [2.05, 4.69) is 18.7 Å². The Labute approximate surface area is 174 Å². The molecule has 0 bridgehead atoms. The smallest absolute Gasteiger partial charge is 0.426 e. The lowest BCUT2D eigenvalue weighted by molar-refractivity contribution is -0.356. The molecular weight excluding hydrogens is 387 g/mol. The number of hydrogen-bond donors (Lipinski definition) is 0. The summed E-state index contributed by atoms with van der Waals surface area (Å²) in [7, 11) is 0. The van der Waals surface area contributed by atoms with Gasteiger partial charge in [0.1, 0.15) is 12.0 Å². The Kier molecular flexibility index (Phi) is 5.32. The van der Waals surface area contributed by atoms with Gasteiger partial charge in [0.25, 0.3) is 0 Å². The maximum Gasteiger partial charge on any atom is 0.736 e. The summed E-state index contributed by atoms with van der Waals surface area (Å²) in [5.41, 5.74) is 2.60. The quantitative estimate of drug-likeness (QED) is 0.387. The largest absolute Gasteiger partial charge is 0.736 e. The molecule has 0 radical (unpaired) electrons. The van der Waals surface area contributed by atoms with Crippen molar-refractivity contribution in [1.82, 2.24) is 4.48 Å². The lowest BCUT2D eigenvalue weighted by atomic mass is 9.87. The van der Waals surface area contributed by atoms with Gasteiger partial charge >= 0.3 is 12.9 Å². The fourth-order valence-corrected chi connectivity index (χ4v) is 4.10. The molecule has 4 rings (SSSR count). The molecule has 0 amide bonds. The topological polar surface area (TPSA) is 37.5 Å². The zero-order valence-electron chi connectivity index (χ0n) is 17.1. The van der Waals surface area contributed by atoms with Gasteiger partial charge in [-0.05, 0) is 50.7 Å². The predicted octanol–water partition coefficient (Wildman–Crippen LogP) is 4.32. The minimum Gasteiger partial charge on any atom is -0.426 e. The molecule has 8 heteroatoms. The van der Waals surface area contributed by atoms with Gasteiger partial charge in [0, 0.05) is 48.3 Å². The fraction of sp³-hybridized carbons (Fsp3) is 0.273. The third kappa shape index (κ3) is 3.47. The Hall–Kier alpha value is -3.16. The number of esters is 1. The van der Waals surface area contributed by atoms with Crippen molar-refractivity contribution in [2.75, 3.05) is 18.0 Å². The molecule has 0 saturated heterocycles. The summed E-state index contributed by atoms with van der Waals surface area (Å²) < 4.78 is 37.0. The molecule has 2 aromatic rings. The van der Waals surface area contributed by atoms with Gasteiger partial charge in [0.15, 0.2) is 5.70 Å². The third-order valence-electron chi connectivity index (χ3n) is 5.60. The molecule has 0 spiro atoms. The lowest BCUT2D eigenvalue weighted by Crippen LogP contribution is -2.49. The van der Waals surface area contributed by atoms with E-state index in [9.17, 15) is 13.4 Å². The van der Waals surface area contributed by atoms with E-state index >= 15 is 0 Å². The molecule has 5 nitrogen and oxygen atoms in total. The monoisotopic (exact) mass is 411 g/mol. The number of aromatic nitrogens is 1. The summed E-state index contributed by atoms with van der Waals surface area (Å²) in [6, 6.07) is 10.7. The average Bonchev–Trinajstić information content (AvgIpc) is 3.40. The minimum atomic E-state index is -3.91. The molecule has 0 atom stereocenters. The number of fused-ring (bicyclic) bond motifs is 2. The van der Waals surface area contributed by atoms with Gasteiger partial charge in [-0.15, -0.1) is 0 Å².